The van der Waals surface area contributed by atoms with Gasteiger partial charge in [0.05, 0.1) is 17.3 Å². The third-order valence-electron chi connectivity index (χ3n) is 2.58. The zero-order chi connectivity index (χ0) is 13.8. The monoisotopic (exact) mass is 338 g/mol. The number of nitrogens with one attached hydrogen (secondary N) is 1. The van der Waals surface area contributed by atoms with E-state index in [0.717, 1.165) is 10.0 Å². The number of hydrogen-bond donors (Lipinski definition) is 1. The molecule has 0 atom stereocenters. The third kappa shape index (κ3) is 3.46. The highest BCUT2D eigenvalue weighted by molar-refractivity contribution is 9.10. The van der Waals surface area contributed by atoms with Crippen LogP contribution in [0.3, 0.4) is 0 Å². The summed E-state index contributed by atoms with van der Waals surface area (Å²) >= 11 is 9.41. The molecule has 5 heteroatoms. The molecule has 2 aromatic rings. The molecule has 0 heterocycles. The molecule has 0 saturated heterocycles. The Morgan fingerprint density at radius 2 is 2.05 bits per heavy atom. The summed E-state index contributed by atoms with van der Waals surface area (Å²) in [5.74, 6) is -0.309. The van der Waals surface area contributed by atoms with Crippen LogP contribution in [0.1, 0.15) is 11.1 Å². The van der Waals surface area contributed by atoms with Gasteiger partial charge in [0.25, 0.3) is 0 Å². The highest BCUT2D eigenvalue weighted by Crippen LogP contribution is 2.25. The number of halogens is 3. The molecule has 0 aliphatic rings. The maximum atomic E-state index is 13.1. The lowest BCUT2D eigenvalue weighted by molar-refractivity contribution is 0.628. The van der Waals surface area contributed by atoms with E-state index in [1.807, 2.05) is 6.07 Å². The van der Waals surface area contributed by atoms with Crippen molar-refractivity contribution in [3.8, 4) is 6.07 Å². The van der Waals surface area contributed by atoms with Crippen LogP contribution in [-0.2, 0) is 6.54 Å². The summed E-state index contributed by atoms with van der Waals surface area (Å²) < 4.78 is 13.9. The van der Waals surface area contributed by atoms with Gasteiger partial charge in [0.2, 0.25) is 0 Å². The molecule has 0 amide bonds. The largest absolute Gasteiger partial charge is 0.380 e. The first-order valence-corrected chi connectivity index (χ1v) is 6.64. The summed E-state index contributed by atoms with van der Waals surface area (Å²) in [6.07, 6.45) is 0. The number of nitrogens with zero attached hydrogens (tertiary/aromatic N) is 1. The number of rotatable bonds is 3. The Kier molecular flexibility index (Phi) is 4.41. The van der Waals surface area contributed by atoms with Gasteiger partial charge in [-0.05, 0) is 51.8 Å². The van der Waals surface area contributed by atoms with E-state index < -0.39 is 0 Å². The Labute approximate surface area is 123 Å². The average molecular weight is 340 g/mol. The fourth-order valence-corrected chi connectivity index (χ4v) is 2.22. The van der Waals surface area contributed by atoms with Gasteiger partial charge in [-0.3, -0.25) is 0 Å². The van der Waals surface area contributed by atoms with E-state index in [1.54, 1.807) is 24.3 Å². The van der Waals surface area contributed by atoms with E-state index in [4.69, 9.17) is 16.9 Å². The van der Waals surface area contributed by atoms with Crippen LogP contribution in [-0.4, -0.2) is 0 Å². The van der Waals surface area contributed by atoms with Gasteiger partial charge in [0.1, 0.15) is 5.82 Å². The third-order valence-corrected chi connectivity index (χ3v) is 3.62. The number of hydrogen-bond acceptors (Lipinski definition) is 2. The van der Waals surface area contributed by atoms with Crippen LogP contribution in [0.4, 0.5) is 10.1 Å². The molecule has 96 valence electrons. The molecule has 0 unspecified atom stereocenters. The second-order valence-corrected chi connectivity index (χ2v) is 5.16. The first-order valence-electron chi connectivity index (χ1n) is 5.47. The topological polar surface area (TPSA) is 35.8 Å². The summed E-state index contributed by atoms with van der Waals surface area (Å²) in [6.45, 7) is 0.451. The lowest BCUT2D eigenvalue weighted by atomic mass is 10.1. The minimum atomic E-state index is -0.309. The molecule has 0 radical (unpaired) electrons. The molecule has 2 rings (SSSR count). The van der Waals surface area contributed by atoms with Crippen LogP contribution in [0.2, 0.25) is 5.02 Å². The molecule has 0 saturated carbocycles. The summed E-state index contributed by atoms with van der Waals surface area (Å²) in [5.41, 5.74) is 2.01. The molecule has 0 spiro atoms. The molecular formula is C14H9BrClFN2. The van der Waals surface area contributed by atoms with Gasteiger partial charge < -0.3 is 5.32 Å². The van der Waals surface area contributed by atoms with E-state index in [9.17, 15) is 4.39 Å². The van der Waals surface area contributed by atoms with Crippen molar-refractivity contribution in [1.29, 1.82) is 5.26 Å². The summed E-state index contributed by atoms with van der Waals surface area (Å²) in [4.78, 5) is 0. The van der Waals surface area contributed by atoms with Crippen molar-refractivity contribution >= 4 is 33.2 Å². The molecule has 19 heavy (non-hydrogen) atoms. The van der Waals surface area contributed by atoms with Crippen molar-refractivity contribution in [1.82, 2.24) is 0 Å². The molecule has 1 N–H and O–H groups in total. The molecule has 0 aliphatic heterocycles. The molecular weight excluding hydrogens is 331 g/mol. The number of benzene rings is 2. The van der Waals surface area contributed by atoms with Crippen molar-refractivity contribution in [2.24, 2.45) is 0 Å². The smallest absolute Gasteiger partial charge is 0.125 e. The molecule has 0 aromatic heterocycles. The van der Waals surface area contributed by atoms with Crippen molar-refractivity contribution in [2.45, 2.75) is 6.54 Å². The zero-order valence-corrected chi connectivity index (χ0v) is 12.1. The SMILES string of the molecule is N#Cc1ccc(CNc2cc(F)ccc2Br)c(Cl)c1. The van der Waals surface area contributed by atoms with Crippen molar-refractivity contribution in [2.75, 3.05) is 5.32 Å². The Bertz CT molecular complexity index is 652. The molecule has 0 fully saturated rings. The van der Waals surface area contributed by atoms with E-state index >= 15 is 0 Å². The van der Waals surface area contributed by atoms with Gasteiger partial charge in [-0.2, -0.15) is 5.26 Å². The highest BCUT2D eigenvalue weighted by Gasteiger charge is 2.05. The van der Waals surface area contributed by atoms with Gasteiger partial charge in [-0.15, -0.1) is 0 Å². The molecule has 0 aliphatic carbocycles. The van der Waals surface area contributed by atoms with E-state index in [2.05, 4.69) is 21.2 Å². The predicted octanol–water partition coefficient (Wildman–Crippen LogP) is 4.73. The molecule has 2 aromatic carbocycles. The summed E-state index contributed by atoms with van der Waals surface area (Å²) in [7, 11) is 0. The summed E-state index contributed by atoms with van der Waals surface area (Å²) in [6, 6.07) is 11.5. The predicted molar refractivity (Wildman–Crippen MR) is 77.6 cm³/mol. The normalized spacial score (nSPS) is 10.0. The van der Waals surface area contributed by atoms with Crippen LogP contribution in [0.5, 0.6) is 0 Å². The first-order chi connectivity index (χ1) is 9.10. The lowest BCUT2D eigenvalue weighted by Gasteiger charge is -2.10. The average Bonchev–Trinajstić information content (AvgIpc) is 2.40. The van der Waals surface area contributed by atoms with Gasteiger partial charge in [0.15, 0.2) is 0 Å². The second kappa shape index (κ2) is 6.05. The minimum absolute atomic E-state index is 0.309. The van der Waals surface area contributed by atoms with E-state index in [-0.39, 0.29) is 5.82 Å². The fraction of sp³-hybridized carbons (Fsp3) is 0.0714. The van der Waals surface area contributed by atoms with Gasteiger partial charge in [-0.25, -0.2) is 4.39 Å². The van der Waals surface area contributed by atoms with Crippen molar-refractivity contribution in [3.63, 3.8) is 0 Å². The van der Waals surface area contributed by atoms with Crippen molar-refractivity contribution in [3.05, 3.63) is 62.8 Å². The highest BCUT2D eigenvalue weighted by atomic mass is 79.9. The second-order valence-electron chi connectivity index (χ2n) is 3.90. The summed E-state index contributed by atoms with van der Waals surface area (Å²) in [5, 5.41) is 12.4. The maximum absolute atomic E-state index is 13.1. The molecule has 2 nitrogen and oxygen atoms in total. The fourth-order valence-electron chi connectivity index (χ4n) is 1.58. The van der Waals surface area contributed by atoms with Crippen LogP contribution < -0.4 is 5.32 Å². The minimum Gasteiger partial charge on any atom is -0.380 e. The zero-order valence-electron chi connectivity index (χ0n) is 9.75. The van der Waals surface area contributed by atoms with Crippen LogP contribution >= 0.6 is 27.5 Å². The van der Waals surface area contributed by atoms with Gasteiger partial charge in [0, 0.05) is 16.0 Å². The Hall–Kier alpha value is -1.57. The Morgan fingerprint density at radius 1 is 1.26 bits per heavy atom. The standard InChI is InChI=1S/C14H9BrClFN2/c15-12-4-3-11(17)6-14(12)19-8-10-2-1-9(7-18)5-13(10)16/h1-6,19H,8H2. The van der Waals surface area contributed by atoms with Crippen LogP contribution in [0, 0.1) is 17.1 Å². The Balaban J connectivity index is 2.15. The van der Waals surface area contributed by atoms with Gasteiger partial charge in [-0.1, -0.05) is 17.7 Å². The number of nitriles is 1. The quantitative estimate of drug-likeness (QED) is 0.878. The van der Waals surface area contributed by atoms with Crippen molar-refractivity contribution < 1.29 is 4.39 Å². The van der Waals surface area contributed by atoms with Crippen LogP contribution in [0.15, 0.2) is 40.9 Å². The van der Waals surface area contributed by atoms with Gasteiger partial charge >= 0.3 is 0 Å². The van der Waals surface area contributed by atoms with E-state index in [1.165, 1.54) is 12.1 Å². The number of anilines is 1. The lowest BCUT2D eigenvalue weighted by Crippen LogP contribution is -2.01. The maximum Gasteiger partial charge on any atom is 0.125 e. The first kappa shape index (κ1) is 13.9. The molecule has 0 bridgehead atoms. The van der Waals surface area contributed by atoms with E-state index in [0.29, 0.717) is 22.8 Å². The Morgan fingerprint density at radius 3 is 2.74 bits per heavy atom. The van der Waals surface area contributed by atoms with Crippen LogP contribution in [0.25, 0.3) is 0 Å².